The number of ether oxygens (including phenoxy) is 2. The normalized spacial score (nSPS) is 22.6. The average Bonchev–Trinajstić information content (AvgIpc) is 3.26. The SMILES string of the molecule is CCCCCCCC/C=C\CCCCCCCCCC(=O)O[C@H](COC(=O)CCC/C=C\C/C=C\C/C=C\C/C=C\CCC[C@@H](C)O)COP(=O)(O)OC1[C@H](O)[C@H](O)C(O)[C@H](O)[C@H]1O. The van der Waals surface area contributed by atoms with Crippen LogP contribution in [0.2, 0.25) is 0 Å². The predicted molar refractivity (Wildman–Crippen MR) is 250 cm³/mol. The Kier molecular flexibility index (Phi) is 35.9. The predicted octanol–water partition coefficient (Wildman–Crippen LogP) is 8.70. The highest BCUT2D eigenvalue weighted by atomic mass is 31.2. The third-order valence-corrected chi connectivity index (χ3v) is 11.8. The molecular formula is C49H85O14P. The molecule has 1 saturated carbocycles. The summed E-state index contributed by atoms with van der Waals surface area (Å²) in [4.78, 5) is 35.7. The number of aliphatic hydroxyl groups excluding tert-OH is 6. The molecule has 1 rings (SSSR count). The van der Waals surface area contributed by atoms with E-state index in [0.717, 1.165) is 89.9 Å². The van der Waals surface area contributed by atoms with Crippen molar-refractivity contribution in [1.29, 1.82) is 0 Å². The fourth-order valence-corrected chi connectivity index (χ4v) is 7.91. The van der Waals surface area contributed by atoms with Crippen LogP contribution in [0.5, 0.6) is 0 Å². The van der Waals surface area contributed by atoms with Gasteiger partial charge in [-0.2, -0.15) is 0 Å². The molecule has 0 radical (unpaired) electrons. The second kappa shape index (κ2) is 38.6. The molecule has 9 atom stereocenters. The molecule has 0 aromatic rings. The minimum Gasteiger partial charge on any atom is -0.462 e. The Balaban J connectivity index is 2.48. The van der Waals surface area contributed by atoms with Crippen LogP contribution in [0, 0.1) is 0 Å². The maximum absolute atomic E-state index is 12.8. The monoisotopic (exact) mass is 929 g/mol. The first-order valence-electron chi connectivity index (χ1n) is 24.1. The van der Waals surface area contributed by atoms with Gasteiger partial charge < -0.3 is 45.0 Å². The minimum absolute atomic E-state index is 0.0718. The van der Waals surface area contributed by atoms with E-state index in [4.69, 9.17) is 18.5 Å². The van der Waals surface area contributed by atoms with Gasteiger partial charge >= 0.3 is 19.8 Å². The van der Waals surface area contributed by atoms with Crippen LogP contribution in [-0.4, -0.2) is 110 Å². The van der Waals surface area contributed by atoms with Gasteiger partial charge in [0.05, 0.1) is 12.7 Å². The van der Waals surface area contributed by atoms with Crippen molar-refractivity contribution >= 4 is 19.8 Å². The van der Waals surface area contributed by atoms with Gasteiger partial charge in [-0.05, 0) is 90.4 Å². The van der Waals surface area contributed by atoms with E-state index in [2.05, 4.69) is 55.5 Å². The zero-order valence-corrected chi connectivity index (χ0v) is 39.8. The van der Waals surface area contributed by atoms with Gasteiger partial charge in [-0.3, -0.25) is 18.6 Å². The fraction of sp³-hybridized carbons (Fsp3) is 0.755. The molecule has 0 spiro atoms. The van der Waals surface area contributed by atoms with Crippen molar-refractivity contribution in [3.63, 3.8) is 0 Å². The molecule has 3 unspecified atom stereocenters. The van der Waals surface area contributed by atoms with Crippen LogP contribution < -0.4 is 0 Å². The number of aliphatic hydroxyl groups is 6. The van der Waals surface area contributed by atoms with Gasteiger partial charge in [-0.15, -0.1) is 0 Å². The lowest BCUT2D eigenvalue weighted by atomic mass is 9.85. The van der Waals surface area contributed by atoms with Gasteiger partial charge in [-0.1, -0.05) is 132 Å². The van der Waals surface area contributed by atoms with Gasteiger partial charge in [-0.25, -0.2) is 4.57 Å². The van der Waals surface area contributed by atoms with Gasteiger partial charge in [0.25, 0.3) is 0 Å². The smallest absolute Gasteiger partial charge is 0.462 e. The zero-order chi connectivity index (χ0) is 47.3. The third kappa shape index (κ3) is 31.4. The second-order valence-electron chi connectivity index (χ2n) is 16.9. The molecule has 370 valence electrons. The van der Waals surface area contributed by atoms with E-state index in [1.807, 2.05) is 12.2 Å². The van der Waals surface area contributed by atoms with Crippen molar-refractivity contribution in [2.24, 2.45) is 0 Å². The van der Waals surface area contributed by atoms with Crippen LogP contribution in [-0.2, 0) is 32.7 Å². The third-order valence-electron chi connectivity index (χ3n) is 10.8. The number of esters is 2. The number of phosphoric acid groups is 1. The summed E-state index contributed by atoms with van der Waals surface area (Å²) in [6, 6.07) is 0. The fourth-order valence-electron chi connectivity index (χ4n) is 6.94. The lowest BCUT2D eigenvalue weighted by Gasteiger charge is -2.41. The molecule has 0 aromatic heterocycles. The van der Waals surface area contributed by atoms with Crippen molar-refractivity contribution in [2.45, 2.75) is 223 Å². The van der Waals surface area contributed by atoms with Gasteiger partial charge in [0.2, 0.25) is 0 Å². The molecule has 0 aromatic carbocycles. The molecule has 0 aliphatic heterocycles. The topological polar surface area (TPSA) is 230 Å². The highest BCUT2D eigenvalue weighted by Gasteiger charge is 2.51. The first-order chi connectivity index (χ1) is 30.8. The number of hydrogen-bond donors (Lipinski definition) is 7. The molecule has 14 nitrogen and oxygen atoms in total. The van der Waals surface area contributed by atoms with Crippen LogP contribution in [0.1, 0.15) is 174 Å². The molecule has 0 saturated heterocycles. The number of phosphoric ester groups is 1. The summed E-state index contributed by atoms with van der Waals surface area (Å²) >= 11 is 0. The molecule has 64 heavy (non-hydrogen) atoms. The van der Waals surface area contributed by atoms with Crippen molar-refractivity contribution < 1.29 is 68.2 Å². The summed E-state index contributed by atoms with van der Waals surface area (Å²) in [5, 5.41) is 59.5. The molecule has 15 heteroatoms. The van der Waals surface area contributed by atoms with E-state index in [1.165, 1.54) is 38.5 Å². The summed E-state index contributed by atoms with van der Waals surface area (Å²) in [6.07, 6.45) is 31.2. The number of carbonyl (C=O) groups is 2. The molecule has 1 aliphatic rings. The van der Waals surface area contributed by atoms with Crippen LogP contribution in [0.15, 0.2) is 60.8 Å². The highest BCUT2D eigenvalue weighted by molar-refractivity contribution is 7.47. The van der Waals surface area contributed by atoms with E-state index in [-0.39, 0.29) is 18.9 Å². The first kappa shape index (κ1) is 59.5. The Bertz CT molecular complexity index is 1360. The number of hydrogen-bond acceptors (Lipinski definition) is 13. The van der Waals surface area contributed by atoms with Crippen molar-refractivity contribution in [2.75, 3.05) is 13.2 Å². The van der Waals surface area contributed by atoms with Gasteiger partial charge in [0.15, 0.2) is 6.10 Å². The van der Waals surface area contributed by atoms with E-state index >= 15 is 0 Å². The maximum Gasteiger partial charge on any atom is 0.472 e. The summed E-state index contributed by atoms with van der Waals surface area (Å²) in [5.74, 6) is -1.19. The summed E-state index contributed by atoms with van der Waals surface area (Å²) in [5.41, 5.74) is 0. The van der Waals surface area contributed by atoms with E-state index in [1.54, 1.807) is 6.92 Å². The van der Waals surface area contributed by atoms with Crippen LogP contribution in [0.4, 0.5) is 0 Å². The summed E-state index contributed by atoms with van der Waals surface area (Å²) in [7, 11) is -5.14. The number of carbonyl (C=O) groups excluding carboxylic acids is 2. The maximum atomic E-state index is 12.8. The summed E-state index contributed by atoms with van der Waals surface area (Å²) < 4.78 is 33.5. The van der Waals surface area contributed by atoms with Crippen molar-refractivity contribution in [3.05, 3.63) is 60.8 Å². The quantitative estimate of drug-likeness (QED) is 0.0132. The summed E-state index contributed by atoms with van der Waals surface area (Å²) in [6.45, 7) is 2.80. The molecular weight excluding hydrogens is 843 g/mol. The van der Waals surface area contributed by atoms with E-state index < -0.39 is 75.7 Å². The standard InChI is InChI=1S/C49H85O14P/c1-3-4-5-6-7-8-9-10-11-12-15-19-22-25-28-31-34-37-43(52)62-41(39-61-64(58,59)63-49-47(56)45(54)44(53)46(55)48(49)57)38-60-42(51)36-33-30-27-24-21-18-16-13-14-17-20-23-26-29-32-35-40(2)50/h10-11,14,16-18,23-24,26-27,40-41,44-50,53-57H,3-9,12-13,15,19-22,25,28-39H2,1-2H3,(H,58,59)/b11-10-,17-14-,18-16-,26-23-,27-24-/t40-,41-,44?,45-,46+,47-,48-,49?/m1/s1. The molecule has 0 bridgehead atoms. The van der Waals surface area contributed by atoms with Crippen LogP contribution in [0.25, 0.3) is 0 Å². The largest absolute Gasteiger partial charge is 0.472 e. The van der Waals surface area contributed by atoms with Gasteiger partial charge in [0.1, 0.15) is 43.2 Å². The molecule has 0 heterocycles. The second-order valence-corrected chi connectivity index (χ2v) is 18.3. The van der Waals surface area contributed by atoms with E-state index in [9.17, 15) is 49.7 Å². The lowest BCUT2D eigenvalue weighted by Crippen LogP contribution is -2.64. The molecule has 1 aliphatic carbocycles. The van der Waals surface area contributed by atoms with Crippen molar-refractivity contribution in [1.82, 2.24) is 0 Å². The Hall–Kier alpha value is -2.49. The number of unbranched alkanes of at least 4 members (excludes halogenated alkanes) is 15. The Labute approximate surface area is 384 Å². The molecule has 1 fully saturated rings. The first-order valence-corrected chi connectivity index (χ1v) is 25.6. The Morgan fingerprint density at radius 2 is 0.969 bits per heavy atom. The lowest BCUT2D eigenvalue weighted by molar-refractivity contribution is -0.220. The number of allylic oxidation sites excluding steroid dienone is 10. The van der Waals surface area contributed by atoms with Crippen LogP contribution in [0.3, 0.4) is 0 Å². The minimum atomic E-state index is -5.14. The van der Waals surface area contributed by atoms with Crippen LogP contribution >= 0.6 is 7.82 Å². The Morgan fingerprint density at radius 3 is 1.50 bits per heavy atom. The zero-order valence-electron chi connectivity index (χ0n) is 38.9. The average molecular weight is 929 g/mol. The highest BCUT2D eigenvalue weighted by Crippen LogP contribution is 2.47. The van der Waals surface area contributed by atoms with E-state index in [0.29, 0.717) is 19.3 Å². The van der Waals surface area contributed by atoms with Gasteiger partial charge in [0, 0.05) is 12.8 Å². The molecule has 7 N–H and O–H groups in total. The Morgan fingerprint density at radius 1 is 0.547 bits per heavy atom. The molecule has 0 amide bonds. The number of rotatable bonds is 39. The van der Waals surface area contributed by atoms with Crippen molar-refractivity contribution in [3.8, 4) is 0 Å².